The zero-order valence-corrected chi connectivity index (χ0v) is 12.7. The van der Waals surface area contributed by atoms with E-state index < -0.39 is 21.5 Å². The van der Waals surface area contributed by atoms with Gasteiger partial charge in [-0.3, -0.25) is 0 Å². The zero-order valence-electron chi connectivity index (χ0n) is 11.1. The monoisotopic (exact) mass is 314 g/mol. The highest BCUT2D eigenvalue weighted by Gasteiger charge is 2.49. The van der Waals surface area contributed by atoms with Crippen LogP contribution in [-0.2, 0) is 10.0 Å². The van der Waals surface area contributed by atoms with Crippen molar-refractivity contribution in [2.75, 3.05) is 0 Å². The van der Waals surface area contributed by atoms with Gasteiger partial charge in [-0.25, -0.2) is 13.1 Å². The van der Waals surface area contributed by atoms with Crippen molar-refractivity contribution in [3.63, 3.8) is 0 Å². The number of sulfonamides is 1. The number of aliphatic hydroxyl groups excluding tert-OH is 1. The first-order chi connectivity index (χ1) is 9.18. The van der Waals surface area contributed by atoms with Gasteiger partial charge in [0.25, 0.3) is 0 Å². The molecule has 1 aliphatic rings. The smallest absolute Gasteiger partial charge is 0.242 e. The second kappa shape index (κ2) is 5.01. The fourth-order valence-electron chi connectivity index (χ4n) is 2.14. The van der Waals surface area contributed by atoms with Crippen molar-refractivity contribution in [3.05, 3.63) is 28.8 Å². The van der Waals surface area contributed by atoms with Gasteiger partial charge in [-0.15, -0.1) is 0 Å². The minimum Gasteiger partial charge on any atom is -0.392 e. The van der Waals surface area contributed by atoms with Crippen molar-refractivity contribution in [1.29, 1.82) is 5.26 Å². The molecule has 7 heteroatoms. The summed E-state index contributed by atoms with van der Waals surface area (Å²) in [5, 5.41) is 18.4. The van der Waals surface area contributed by atoms with Crippen molar-refractivity contribution in [2.24, 2.45) is 5.41 Å². The summed E-state index contributed by atoms with van der Waals surface area (Å²) in [6, 6.07) is 5.59. The van der Waals surface area contributed by atoms with E-state index in [0.29, 0.717) is 12.0 Å². The maximum Gasteiger partial charge on any atom is 0.242 e. The van der Waals surface area contributed by atoms with Crippen LogP contribution in [0.3, 0.4) is 0 Å². The Bertz CT molecular complexity index is 679. The average molecular weight is 315 g/mol. The van der Waals surface area contributed by atoms with Crippen molar-refractivity contribution < 1.29 is 13.5 Å². The van der Waals surface area contributed by atoms with E-state index >= 15 is 0 Å². The highest BCUT2D eigenvalue weighted by atomic mass is 35.5. The van der Waals surface area contributed by atoms with Gasteiger partial charge in [0.2, 0.25) is 10.0 Å². The Morgan fingerprint density at radius 1 is 1.50 bits per heavy atom. The van der Waals surface area contributed by atoms with Crippen LogP contribution < -0.4 is 4.72 Å². The molecule has 0 radical (unpaired) electrons. The Labute approximate surface area is 123 Å². The molecule has 1 fully saturated rings. The summed E-state index contributed by atoms with van der Waals surface area (Å²) in [4.78, 5) is -0.0599. The van der Waals surface area contributed by atoms with Crippen LogP contribution in [0.5, 0.6) is 0 Å². The van der Waals surface area contributed by atoms with Crippen LogP contribution >= 0.6 is 11.6 Å². The maximum atomic E-state index is 12.3. The number of hydrogen-bond donors (Lipinski definition) is 2. The number of rotatable bonds is 3. The van der Waals surface area contributed by atoms with Gasteiger partial charge in [0.05, 0.1) is 22.8 Å². The van der Waals surface area contributed by atoms with Crippen molar-refractivity contribution in [1.82, 2.24) is 4.72 Å². The third-order valence-electron chi connectivity index (χ3n) is 3.86. The number of nitrogens with one attached hydrogen (secondary N) is 1. The minimum absolute atomic E-state index is 0.00854. The van der Waals surface area contributed by atoms with Gasteiger partial charge in [-0.05, 0) is 24.6 Å². The molecule has 1 aromatic carbocycles. The summed E-state index contributed by atoms with van der Waals surface area (Å²) in [6.45, 7) is 3.60. The molecule has 5 nitrogen and oxygen atoms in total. The summed E-state index contributed by atoms with van der Waals surface area (Å²) in [5.41, 5.74) is -0.208. The molecule has 2 unspecified atom stereocenters. The lowest BCUT2D eigenvalue weighted by Crippen LogP contribution is -2.61. The first-order valence-corrected chi connectivity index (χ1v) is 7.94. The van der Waals surface area contributed by atoms with Gasteiger partial charge < -0.3 is 5.11 Å². The van der Waals surface area contributed by atoms with E-state index in [2.05, 4.69) is 4.72 Å². The number of halogens is 1. The minimum atomic E-state index is -3.77. The molecule has 0 bridgehead atoms. The molecule has 0 amide bonds. The molecule has 1 saturated carbocycles. The lowest BCUT2D eigenvalue weighted by Gasteiger charge is -2.49. The second-order valence-corrected chi connectivity index (χ2v) is 7.59. The third-order valence-corrected chi connectivity index (χ3v) is 5.82. The maximum absolute atomic E-state index is 12.3. The second-order valence-electron chi connectivity index (χ2n) is 5.50. The van der Waals surface area contributed by atoms with Crippen molar-refractivity contribution in [3.8, 4) is 6.07 Å². The predicted octanol–water partition coefficient (Wildman–Crippen LogP) is 1.65. The number of hydrogen-bond acceptors (Lipinski definition) is 4. The molecule has 0 aromatic heterocycles. The highest BCUT2D eigenvalue weighted by Crippen LogP contribution is 2.41. The average Bonchev–Trinajstić information content (AvgIpc) is 2.37. The lowest BCUT2D eigenvalue weighted by molar-refractivity contribution is -0.0645. The standard InChI is InChI=1S/C13H15ClN2O3S/c1-13(2)11(6-12(13)17)16-20(18,19)10-4-3-8(7-15)5-9(10)14/h3-5,11-12,16-17H,6H2,1-2H3. The topological polar surface area (TPSA) is 90.2 Å². The Balaban J connectivity index is 2.26. The molecule has 2 rings (SSSR count). The van der Waals surface area contributed by atoms with E-state index in [9.17, 15) is 13.5 Å². The fraction of sp³-hybridized carbons (Fsp3) is 0.462. The van der Waals surface area contributed by atoms with Crippen LogP contribution in [0.1, 0.15) is 25.8 Å². The summed E-state index contributed by atoms with van der Waals surface area (Å²) in [5.74, 6) is 0. The quantitative estimate of drug-likeness (QED) is 0.887. The third kappa shape index (κ3) is 2.54. The van der Waals surface area contributed by atoms with Crippen LogP contribution in [-0.4, -0.2) is 25.7 Å². The molecule has 1 aliphatic carbocycles. The molecular formula is C13H15ClN2O3S. The van der Waals surface area contributed by atoms with Gasteiger partial charge >= 0.3 is 0 Å². The predicted molar refractivity (Wildman–Crippen MR) is 74.7 cm³/mol. The molecule has 0 saturated heterocycles. The summed E-state index contributed by atoms with van der Waals surface area (Å²) >= 11 is 5.92. The van der Waals surface area contributed by atoms with Crippen LogP contribution in [0.15, 0.2) is 23.1 Å². The largest absolute Gasteiger partial charge is 0.392 e. The molecule has 0 heterocycles. The Kier molecular flexibility index (Phi) is 3.82. The normalized spacial score (nSPS) is 24.8. The Hall–Kier alpha value is -1.13. The van der Waals surface area contributed by atoms with Crippen LogP contribution in [0.4, 0.5) is 0 Å². The first-order valence-electron chi connectivity index (χ1n) is 6.08. The molecular weight excluding hydrogens is 300 g/mol. The van der Waals surface area contributed by atoms with Gasteiger partial charge in [-0.2, -0.15) is 5.26 Å². The lowest BCUT2D eigenvalue weighted by atomic mass is 9.65. The van der Waals surface area contributed by atoms with Crippen molar-refractivity contribution in [2.45, 2.75) is 37.3 Å². The van der Waals surface area contributed by atoms with Crippen LogP contribution in [0.2, 0.25) is 5.02 Å². The van der Waals surface area contributed by atoms with Crippen molar-refractivity contribution >= 4 is 21.6 Å². The Morgan fingerprint density at radius 3 is 2.60 bits per heavy atom. The summed E-state index contributed by atoms with van der Waals surface area (Å²) in [6.07, 6.45) is -0.147. The fourth-order valence-corrected chi connectivity index (χ4v) is 4.09. The van der Waals surface area contributed by atoms with E-state index in [1.165, 1.54) is 18.2 Å². The van der Waals surface area contributed by atoms with Crippen LogP contribution in [0, 0.1) is 16.7 Å². The number of benzene rings is 1. The number of nitriles is 1. The van der Waals surface area contributed by atoms with E-state index in [4.69, 9.17) is 16.9 Å². The zero-order chi connectivity index (χ0) is 15.1. The van der Waals surface area contributed by atoms with Gasteiger partial charge in [0.15, 0.2) is 0 Å². The summed E-state index contributed by atoms with van der Waals surface area (Å²) in [7, 11) is -3.77. The SMILES string of the molecule is CC1(C)C(O)CC1NS(=O)(=O)c1ccc(C#N)cc1Cl. The van der Waals surface area contributed by atoms with E-state index in [0.717, 1.165) is 0 Å². The molecule has 20 heavy (non-hydrogen) atoms. The molecule has 2 atom stereocenters. The van der Waals surface area contributed by atoms with E-state index in [1.807, 2.05) is 6.07 Å². The van der Waals surface area contributed by atoms with E-state index in [-0.39, 0.29) is 16.0 Å². The van der Waals surface area contributed by atoms with Crippen LogP contribution in [0.25, 0.3) is 0 Å². The Morgan fingerprint density at radius 2 is 2.15 bits per heavy atom. The molecule has 2 N–H and O–H groups in total. The van der Waals surface area contributed by atoms with Gasteiger partial charge in [0, 0.05) is 11.5 Å². The summed E-state index contributed by atoms with van der Waals surface area (Å²) < 4.78 is 27.1. The highest BCUT2D eigenvalue weighted by molar-refractivity contribution is 7.89. The number of aliphatic hydroxyl groups is 1. The van der Waals surface area contributed by atoms with Gasteiger partial charge in [0.1, 0.15) is 4.90 Å². The molecule has 108 valence electrons. The first kappa shape index (κ1) is 15.3. The number of nitrogens with zero attached hydrogens (tertiary/aromatic N) is 1. The molecule has 0 aliphatic heterocycles. The molecule has 1 aromatic rings. The van der Waals surface area contributed by atoms with E-state index in [1.54, 1.807) is 13.8 Å². The van der Waals surface area contributed by atoms with Gasteiger partial charge in [-0.1, -0.05) is 25.4 Å². The molecule has 0 spiro atoms.